The fourth-order valence-corrected chi connectivity index (χ4v) is 6.37. The van der Waals surface area contributed by atoms with Crippen LogP contribution in [0.25, 0.3) is 30.4 Å². The zero-order valence-corrected chi connectivity index (χ0v) is 27.9. The topological polar surface area (TPSA) is 71.5 Å². The molecule has 0 N–H and O–H groups in total. The van der Waals surface area contributed by atoms with Crippen molar-refractivity contribution in [3.63, 3.8) is 0 Å². The predicted molar refractivity (Wildman–Crippen MR) is 188 cm³/mol. The monoisotopic (exact) mass is 739 g/mol. The van der Waals surface area contributed by atoms with E-state index in [2.05, 4.69) is 6.58 Å². The highest BCUT2D eigenvalue weighted by atomic mass is 32.2. The third-order valence-electron chi connectivity index (χ3n) is 7.62. The van der Waals surface area contributed by atoms with Gasteiger partial charge in [-0.25, -0.2) is 16.8 Å². The molecule has 0 spiro atoms. The average Bonchev–Trinajstić information content (AvgIpc) is 3.11. The number of anilines is 3. The predicted octanol–water partition coefficient (Wildman–Crippen LogP) is 10.7. The molecule has 0 aromatic heterocycles. The Morgan fingerprint density at radius 2 is 0.647 bits per heavy atom. The number of sulfone groups is 2. The van der Waals surface area contributed by atoms with E-state index in [1.54, 1.807) is 30.4 Å². The van der Waals surface area contributed by atoms with Crippen molar-refractivity contribution in [1.82, 2.24) is 0 Å². The second-order valence-corrected chi connectivity index (χ2v) is 14.9. The molecule has 0 saturated heterocycles. The smallest absolute Gasteiger partial charge is 0.311 e. The fourth-order valence-electron chi connectivity index (χ4n) is 4.84. The van der Waals surface area contributed by atoms with E-state index in [0.717, 1.165) is 58.0 Å². The van der Waals surface area contributed by atoms with E-state index < -0.39 is 40.5 Å². The van der Waals surface area contributed by atoms with E-state index in [1.807, 2.05) is 77.7 Å². The van der Waals surface area contributed by atoms with Gasteiger partial charge in [-0.3, -0.25) is 0 Å². The molecule has 0 atom stereocenters. The standard InChI is InChI=1S/C38H27F6NO4S2/c1-2-27-7-17-32(18-8-27)45(33-19-9-28(10-20-33)3-5-30-13-23-35(24-14-30)50(46,47)37(39,40)41)34-21-11-29(12-22-34)4-6-31-15-25-36(26-16-31)51(48,49)38(42,43)44/h2-26H,1H2/b5-3+,6-4+. The number of hydrogen-bond acceptors (Lipinski definition) is 5. The van der Waals surface area contributed by atoms with E-state index in [0.29, 0.717) is 11.1 Å². The summed E-state index contributed by atoms with van der Waals surface area (Å²) in [4.78, 5) is 0.339. The van der Waals surface area contributed by atoms with Crippen LogP contribution in [0.4, 0.5) is 43.4 Å². The molecule has 0 amide bonds. The maximum absolute atomic E-state index is 12.8. The lowest BCUT2D eigenvalue weighted by Crippen LogP contribution is -2.23. The van der Waals surface area contributed by atoms with Gasteiger partial charge in [0.1, 0.15) is 0 Å². The highest BCUT2D eigenvalue weighted by Crippen LogP contribution is 2.36. The van der Waals surface area contributed by atoms with Gasteiger partial charge in [0.15, 0.2) is 0 Å². The van der Waals surface area contributed by atoms with E-state index in [1.165, 1.54) is 24.3 Å². The first-order chi connectivity index (χ1) is 24.0. The third kappa shape index (κ3) is 8.33. The molecule has 0 bridgehead atoms. The number of hydrogen-bond donors (Lipinski definition) is 0. The van der Waals surface area contributed by atoms with Gasteiger partial charge in [0.05, 0.1) is 9.79 Å². The molecular formula is C38H27F6NO4S2. The van der Waals surface area contributed by atoms with Gasteiger partial charge >= 0.3 is 11.0 Å². The van der Waals surface area contributed by atoms with E-state index in [-0.39, 0.29) is 0 Å². The van der Waals surface area contributed by atoms with E-state index in [9.17, 15) is 43.2 Å². The lowest BCUT2D eigenvalue weighted by molar-refractivity contribution is -0.0442. The number of benzene rings is 5. The third-order valence-corrected chi connectivity index (χ3v) is 10.6. The summed E-state index contributed by atoms with van der Waals surface area (Å²) in [6.45, 7) is 3.80. The zero-order chi connectivity index (χ0) is 37.0. The molecule has 13 heteroatoms. The van der Waals surface area contributed by atoms with Crippen molar-refractivity contribution in [1.29, 1.82) is 0 Å². The van der Waals surface area contributed by atoms with Crippen LogP contribution in [0.1, 0.15) is 27.8 Å². The summed E-state index contributed by atoms with van der Waals surface area (Å²) in [5.74, 6) is 0. The quantitative estimate of drug-likeness (QED) is 0.105. The number of nitrogens with zero attached hydrogens (tertiary/aromatic N) is 1. The SMILES string of the molecule is C=Cc1ccc(N(c2ccc(/C=C/c3ccc(S(=O)(=O)C(F)(F)F)cc3)cc2)c2ccc(/C=C/c3ccc(S(=O)(=O)C(F)(F)F)cc3)cc2)cc1. The van der Waals surface area contributed by atoms with Crippen LogP contribution < -0.4 is 4.90 Å². The number of alkyl halides is 6. The van der Waals surface area contributed by atoms with Crippen molar-refractivity contribution >= 4 is 67.1 Å². The van der Waals surface area contributed by atoms with E-state index in [4.69, 9.17) is 0 Å². The summed E-state index contributed by atoms with van der Waals surface area (Å²) < 4.78 is 124. The first-order valence-electron chi connectivity index (χ1n) is 14.9. The van der Waals surface area contributed by atoms with Gasteiger partial charge in [0.2, 0.25) is 0 Å². The number of halogens is 6. The summed E-state index contributed by atoms with van der Waals surface area (Å²) in [6, 6.07) is 31.4. The maximum atomic E-state index is 12.8. The van der Waals surface area contributed by atoms with Crippen molar-refractivity contribution in [2.75, 3.05) is 4.90 Å². The van der Waals surface area contributed by atoms with Gasteiger partial charge in [-0.2, -0.15) is 26.3 Å². The van der Waals surface area contributed by atoms with E-state index >= 15 is 0 Å². The molecule has 0 aliphatic carbocycles. The highest BCUT2D eigenvalue weighted by molar-refractivity contribution is 7.92. The molecule has 262 valence electrons. The Morgan fingerprint density at radius 3 is 0.882 bits per heavy atom. The summed E-state index contributed by atoms with van der Waals surface area (Å²) in [6.07, 6.45) is 8.50. The molecule has 51 heavy (non-hydrogen) atoms. The van der Waals surface area contributed by atoms with Gasteiger partial charge in [-0.05, 0) is 88.5 Å². The minimum Gasteiger partial charge on any atom is -0.311 e. The van der Waals surface area contributed by atoms with Crippen LogP contribution in [0.5, 0.6) is 0 Å². The second kappa shape index (κ2) is 14.4. The maximum Gasteiger partial charge on any atom is 0.501 e. The van der Waals surface area contributed by atoms with Crippen molar-refractivity contribution < 1.29 is 43.2 Å². The molecule has 5 rings (SSSR count). The van der Waals surface area contributed by atoms with Crippen LogP contribution in [0.3, 0.4) is 0 Å². The normalized spacial score (nSPS) is 12.7. The molecule has 0 unspecified atom stereocenters. The molecule has 0 fully saturated rings. The minimum atomic E-state index is -5.43. The van der Waals surface area contributed by atoms with Crippen molar-refractivity contribution in [2.45, 2.75) is 20.8 Å². The summed E-state index contributed by atoms with van der Waals surface area (Å²) in [5.41, 5.74) is -4.84. The van der Waals surface area contributed by atoms with Crippen LogP contribution >= 0.6 is 0 Å². The summed E-state index contributed by atoms with van der Waals surface area (Å²) in [5, 5.41) is 0. The first-order valence-corrected chi connectivity index (χ1v) is 17.9. The largest absolute Gasteiger partial charge is 0.501 e. The van der Waals surface area contributed by atoms with Crippen LogP contribution in [-0.2, 0) is 19.7 Å². The lowest BCUT2D eigenvalue weighted by Gasteiger charge is -2.26. The Hall–Kier alpha value is -5.40. The van der Waals surface area contributed by atoms with Crippen LogP contribution in [0.2, 0.25) is 0 Å². The Kier molecular flexibility index (Phi) is 10.4. The van der Waals surface area contributed by atoms with Crippen molar-refractivity contribution in [3.05, 3.63) is 156 Å². The summed E-state index contributed by atoms with van der Waals surface area (Å²) in [7, 11) is -10.9. The molecule has 5 nitrogen and oxygen atoms in total. The lowest BCUT2D eigenvalue weighted by atomic mass is 10.1. The van der Waals surface area contributed by atoms with Gasteiger partial charge < -0.3 is 4.90 Å². The average molecular weight is 740 g/mol. The molecule has 0 heterocycles. The molecule has 0 radical (unpaired) electrons. The van der Waals surface area contributed by atoms with Gasteiger partial charge in [-0.1, -0.05) is 97.6 Å². The minimum absolute atomic E-state index is 0.504. The molecule has 0 saturated carbocycles. The molecule has 0 aliphatic heterocycles. The zero-order valence-electron chi connectivity index (χ0n) is 26.3. The molecule has 0 aliphatic rings. The van der Waals surface area contributed by atoms with Gasteiger partial charge in [0, 0.05) is 17.1 Å². The summed E-state index contributed by atoms with van der Waals surface area (Å²) >= 11 is 0. The van der Waals surface area contributed by atoms with Crippen molar-refractivity contribution in [3.8, 4) is 0 Å². The van der Waals surface area contributed by atoms with Crippen LogP contribution in [0.15, 0.2) is 138 Å². The highest BCUT2D eigenvalue weighted by Gasteiger charge is 2.47. The van der Waals surface area contributed by atoms with Gasteiger partial charge in [0.25, 0.3) is 19.7 Å². The van der Waals surface area contributed by atoms with Crippen LogP contribution in [0, 0.1) is 0 Å². The molecule has 5 aromatic carbocycles. The first kappa shape index (κ1) is 36.9. The fraction of sp³-hybridized carbons (Fsp3) is 0.0526. The Morgan fingerprint density at radius 1 is 0.412 bits per heavy atom. The van der Waals surface area contributed by atoms with Gasteiger partial charge in [-0.15, -0.1) is 0 Å². The molecular weight excluding hydrogens is 713 g/mol. The Balaban J connectivity index is 1.36. The Bertz CT molecular complexity index is 2140. The van der Waals surface area contributed by atoms with Crippen molar-refractivity contribution in [2.24, 2.45) is 0 Å². The number of rotatable bonds is 10. The Labute approximate surface area is 291 Å². The second-order valence-electron chi connectivity index (χ2n) is 11.0. The molecule has 5 aromatic rings. The van der Waals surface area contributed by atoms with Crippen LogP contribution in [-0.4, -0.2) is 27.9 Å².